The largest absolute Gasteiger partial charge is 0.496 e. The Morgan fingerprint density at radius 2 is 2.17 bits per heavy atom. The Kier molecular flexibility index (Phi) is 3.81. The first-order chi connectivity index (χ1) is 8.60. The second-order valence-corrected chi connectivity index (χ2v) is 5.12. The Balaban J connectivity index is 2.13. The number of benzene rings is 1. The highest BCUT2D eigenvalue weighted by Gasteiger charge is 2.07. The van der Waals surface area contributed by atoms with Gasteiger partial charge in [-0.1, -0.05) is 0 Å². The first kappa shape index (κ1) is 12.8. The fourth-order valence-electron chi connectivity index (χ4n) is 1.75. The number of anilines is 1. The molecule has 0 aliphatic carbocycles. The molecule has 2 aromatic rings. The number of thioether (sulfide) groups is 1. The molecule has 5 heteroatoms. The number of hydrogen-bond acceptors (Lipinski definition) is 4. The molecule has 0 amide bonds. The van der Waals surface area contributed by atoms with Gasteiger partial charge >= 0.3 is 0 Å². The second kappa shape index (κ2) is 5.35. The van der Waals surface area contributed by atoms with Crippen molar-refractivity contribution in [3.05, 3.63) is 35.7 Å². The molecule has 0 fully saturated rings. The Hall–Kier alpha value is -1.62. The van der Waals surface area contributed by atoms with E-state index in [0.29, 0.717) is 5.69 Å². The van der Waals surface area contributed by atoms with Gasteiger partial charge in [-0.3, -0.25) is 4.68 Å². The normalized spacial score (nSPS) is 10.6. The van der Waals surface area contributed by atoms with E-state index in [1.54, 1.807) is 18.9 Å². The molecule has 2 rings (SSSR count). The molecule has 2 N–H and O–H groups in total. The molecule has 1 heterocycles. The van der Waals surface area contributed by atoms with E-state index in [1.807, 2.05) is 36.9 Å². The Morgan fingerprint density at radius 1 is 1.39 bits per heavy atom. The van der Waals surface area contributed by atoms with Crippen molar-refractivity contribution in [3.8, 4) is 5.75 Å². The minimum atomic E-state index is 0.715. The molecule has 0 spiro atoms. The maximum absolute atomic E-state index is 5.73. The molecule has 96 valence electrons. The second-order valence-electron chi connectivity index (χ2n) is 4.10. The zero-order valence-electron chi connectivity index (χ0n) is 10.8. The van der Waals surface area contributed by atoms with Gasteiger partial charge < -0.3 is 10.5 Å². The van der Waals surface area contributed by atoms with Crippen LogP contribution in [0.1, 0.15) is 11.4 Å². The van der Waals surface area contributed by atoms with E-state index in [-0.39, 0.29) is 0 Å². The molecule has 0 aliphatic heterocycles. The molecule has 0 bridgehead atoms. The van der Waals surface area contributed by atoms with Gasteiger partial charge in [0.25, 0.3) is 0 Å². The molecule has 0 radical (unpaired) electrons. The fraction of sp³-hybridized carbons (Fsp3) is 0.308. The molecular weight excluding hydrogens is 246 g/mol. The van der Waals surface area contributed by atoms with Gasteiger partial charge in [-0.15, -0.1) is 11.8 Å². The minimum Gasteiger partial charge on any atom is -0.496 e. The van der Waals surface area contributed by atoms with Gasteiger partial charge in [0.1, 0.15) is 5.75 Å². The number of hydrogen-bond donors (Lipinski definition) is 1. The van der Waals surface area contributed by atoms with Crippen LogP contribution in [0, 0.1) is 6.92 Å². The first-order valence-electron chi connectivity index (χ1n) is 5.66. The number of rotatable bonds is 4. The minimum absolute atomic E-state index is 0.715. The van der Waals surface area contributed by atoms with Gasteiger partial charge in [0.05, 0.1) is 12.8 Å². The molecule has 1 aromatic carbocycles. The lowest BCUT2D eigenvalue weighted by molar-refractivity contribution is 0.405. The zero-order chi connectivity index (χ0) is 13.1. The SMILES string of the molecule is COc1cc(N)ccc1SCc1cc(C)nn1C. The van der Waals surface area contributed by atoms with Crippen LogP contribution in [0.15, 0.2) is 29.2 Å². The van der Waals surface area contributed by atoms with Crippen molar-refractivity contribution in [2.75, 3.05) is 12.8 Å². The smallest absolute Gasteiger partial charge is 0.134 e. The van der Waals surface area contributed by atoms with Crippen LogP contribution in [0.25, 0.3) is 0 Å². The summed E-state index contributed by atoms with van der Waals surface area (Å²) in [6.07, 6.45) is 0. The first-order valence-corrected chi connectivity index (χ1v) is 6.64. The van der Waals surface area contributed by atoms with Crippen molar-refractivity contribution in [2.24, 2.45) is 7.05 Å². The van der Waals surface area contributed by atoms with E-state index >= 15 is 0 Å². The molecule has 0 unspecified atom stereocenters. The molecule has 0 saturated carbocycles. The highest BCUT2D eigenvalue weighted by atomic mass is 32.2. The van der Waals surface area contributed by atoms with E-state index in [0.717, 1.165) is 22.1 Å². The van der Waals surface area contributed by atoms with E-state index in [2.05, 4.69) is 11.2 Å². The van der Waals surface area contributed by atoms with Gasteiger partial charge in [0.15, 0.2) is 0 Å². The lowest BCUT2D eigenvalue weighted by atomic mass is 10.3. The molecule has 1 aromatic heterocycles. The van der Waals surface area contributed by atoms with Crippen molar-refractivity contribution in [2.45, 2.75) is 17.6 Å². The maximum Gasteiger partial charge on any atom is 0.134 e. The van der Waals surface area contributed by atoms with Crippen molar-refractivity contribution < 1.29 is 4.74 Å². The zero-order valence-corrected chi connectivity index (χ0v) is 11.6. The third-order valence-corrected chi connectivity index (χ3v) is 3.75. The summed E-state index contributed by atoms with van der Waals surface area (Å²) in [5.41, 5.74) is 8.68. The summed E-state index contributed by atoms with van der Waals surface area (Å²) in [6, 6.07) is 7.81. The number of methoxy groups -OCH3 is 1. The van der Waals surface area contributed by atoms with E-state index in [4.69, 9.17) is 10.5 Å². The predicted molar refractivity (Wildman–Crippen MR) is 74.9 cm³/mol. The monoisotopic (exact) mass is 263 g/mol. The summed E-state index contributed by atoms with van der Waals surface area (Å²) in [5.74, 6) is 1.68. The quantitative estimate of drug-likeness (QED) is 0.680. The van der Waals surface area contributed by atoms with Crippen molar-refractivity contribution in [3.63, 3.8) is 0 Å². The number of aryl methyl sites for hydroxylation is 2. The van der Waals surface area contributed by atoms with Crippen molar-refractivity contribution >= 4 is 17.4 Å². The van der Waals surface area contributed by atoms with Crippen LogP contribution in [0.3, 0.4) is 0 Å². The summed E-state index contributed by atoms with van der Waals surface area (Å²) in [7, 11) is 3.62. The molecule has 18 heavy (non-hydrogen) atoms. The van der Waals surface area contributed by atoms with Crippen LogP contribution < -0.4 is 10.5 Å². The molecular formula is C13H17N3OS. The van der Waals surface area contributed by atoms with Gasteiger partial charge in [0.2, 0.25) is 0 Å². The highest BCUT2D eigenvalue weighted by Crippen LogP contribution is 2.33. The lowest BCUT2D eigenvalue weighted by Gasteiger charge is -2.08. The molecule has 0 aliphatic rings. The number of nitrogens with two attached hydrogens (primary N) is 1. The lowest BCUT2D eigenvalue weighted by Crippen LogP contribution is -1.96. The van der Waals surface area contributed by atoms with Crippen molar-refractivity contribution in [1.29, 1.82) is 0 Å². The standard InChI is InChI=1S/C13H17N3OS/c1-9-6-11(16(2)15-9)8-18-13-5-4-10(14)7-12(13)17-3/h4-7H,8,14H2,1-3H3. The van der Waals surface area contributed by atoms with E-state index < -0.39 is 0 Å². The summed E-state index contributed by atoms with van der Waals surface area (Å²) in [5, 5.41) is 4.33. The number of nitrogens with zero attached hydrogens (tertiary/aromatic N) is 2. The Bertz CT molecular complexity index is 551. The third-order valence-electron chi connectivity index (χ3n) is 2.66. The number of aromatic nitrogens is 2. The van der Waals surface area contributed by atoms with Gasteiger partial charge in [-0.25, -0.2) is 0 Å². The Labute approximate surface area is 111 Å². The molecule has 4 nitrogen and oxygen atoms in total. The van der Waals surface area contributed by atoms with Crippen LogP contribution >= 0.6 is 11.8 Å². The highest BCUT2D eigenvalue weighted by molar-refractivity contribution is 7.98. The van der Waals surface area contributed by atoms with Crippen LogP contribution in [-0.2, 0) is 12.8 Å². The third kappa shape index (κ3) is 2.79. The van der Waals surface area contributed by atoms with Crippen LogP contribution in [0.2, 0.25) is 0 Å². The van der Waals surface area contributed by atoms with Gasteiger partial charge in [-0.2, -0.15) is 5.10 Å². The summed E-state index contributed by atoms with van der Waals surface area (Å²) in [4.78, 5) is 1.09. The summed E-state index contributed by atoms with van der Waals surface area (Å²) >= 11 is 1.72. The average Bonchev–Trinajstić information content (AvgIpc) is 2.66. The van der Waals surface area contributed by atoms with E-state index in [1.165, 1.54) is 5.69 Å². The number of nitrogen functional groups attached to an aromatic ring is 1. The number of ether oxygens (including phenoxy) is 1. The van der Waals surface area contributed by atoms with Crippen LogP contribution in [-0.4, -0.2) is 16.9 Å². The summed E-state index contributed by atoms with van der Waals surface area (Å²) in [6.45, 7) is 2.00. The van der Waals surface area contributed by atoms with Gasteiger partial charge in [-0.05, 0) is 25.1 Å². The maximum atomic E-state index is 5.73. The topological polar surface area (TPSA) is 53.1 Å². The predicted octanol–water partition coefficient (Wildman–Crippen LogP) is 2.61. The van der Waals surface area contributed by atoms with E-state index in [9.17, 15) is 0 Å². The van der Waals surface area contributed by atoms with Crippen LogP contribution in [0.5, 0.6) is 5.75 Å². The molecule has 0 saturated heterocycles. The van der Waals surface area contributed by atoms with Crippen molar-refractivity contribution in [1.82, 2.24) is 9.78 Å². The Morgan fingerprint density at radius 3 is 2.78 bits per heavy atom. The van der Waals surface area contributed by atoms with Gasteiger partial charge in [0, 0.05) is 35.1 Å². The van der Waals surface area contributed by atoms with Crippen LogP contribution in [0.4, 0.5) is 5.69 Å². The molecule has 0 atom stereocenters. The average molecular weight is 263 g/mol. The summed E-state index contributed by atoms with van der Waals surface area (Å²) < 4.78 is 7.24. The fourth-order valence-corrected chi connectivity index (χ4v) is 2.78.